The van der Waals surface area contributed by atoms with Gasteiger partial charge in [0.15, 0.2) is 0 Å². The summed E-state index contributed by atoms with van der Waals surface area (Å²) in [4.78, 5) is 12.9. The molecule has 1 amide bonds. The number of rotatable bonds is 3. The first-order valence-corrected chi connectivity index (χ1v) is 6.00. The maximum atomic E-state index is 13.2. The van der Waals surface area contributed by atoms with E-state index in [-0.39, 0.29) is 18.5 Å². The Bertz CT molecular complexity index is 533. The number of hydrogen-bond acceptors (Lipinski definition) is 3. The topological polar surface area (TPSA) is 49.8 Å². The van der Waals surface area contributed by atoms with E-state index in [1.807, 2.05) is 0 Å². The number of benzene rings is 1. The number of carbonyl (C=O) groups excluding carboxylic acids is 1. The minimum Gasteiger partial charge on any atom is -0.448 e. The molecule has 1 N–H and O–H groups in total. The summed E-state index contributed by atoms with van der Waals surface area (Å²) in [5.74, 6) is 5.19. The monoisotopic (exact) mass is 263 g/mol. The van der Waals surface area contributed by atoms with Crippen LogP contribution in [-0.4, -0.2) is 35.9 Å². The molecule has 1 saturated heterocycles. The normalized spacial score (nSPS) is 14.0. The molecule has 1 aromatic carbocycles. The number of ether oxygens (including phenoxy) is 1. The minimum absolute atomic E-state index is 0.0316. The highest BCUT2D eigenvalue weighted by Gasteiger charge is 2.22. The molecule has 0 radical (unpaired) electrons. The molecule has 1 aliphatic rings. The lowest BCUT2D eigenvalue weighted by atomic mass is 10.1. The van der Waals surface area contributed by atoms with Crippen molar-refractivity contribution in [1.82, 2.24) is 4.90 Å². The first-order valence-electron chi connectivity index (χ1n) is 6.00. The number of hydrogen-bond donors (Lipinski definition) is 1. The number of cyclic esters (lactones) is 1. The number of carbonyl (C=O) groups is 1. The van der Waals surface area contributed by atoms with Gasteiger partial charge < -0.3 is 14.7 Å². The Morgan fingerprint density at radius 2 is 2.32 bits per heavy atom. The fourth-order valence-electron chi connectivity index (χ4n) is 1.79. The van der Waals surface area contributed by atoms with Gasteiger partial charge in [0.25, 0.3) is 0 Å². The molecule has 4 nitrogen and oxygen atoms in total. The molecule has 2 rings (SSSR count). The van der Waals surface area contributed by atoms with Gasteiger partial charge in [-0.25, -0.2) is 9.18 Å². The summed E-state index contributed by atoms with van der Waals surface area (Å²) in [6, 6.07) is 4.29. The van der Waals surface area contributed by atoms with Crippen LogP contribution in [0, 0.1) is 17.7 Å². The Hall–Kier alpha value is -2.06. The number of nitrogens with zero attached hydrogens (tertiary/aromatic N) is 1. The molecule has 0 atom stereocenters. The van der Waals surface area contributed by atoms with Crippen LogP contribution < -0.4 is 0 Å². The third-order valence-electron chi connectivity index (χ3n) is 2.74. The summed E-state index contributed by atoms with van der Waals surface area (Å²) in [7, 11) is 0. The fourth-order valence-corrected chi connectivity index (χ4v) is 1.79. The number of aliphatic hydroxyl groups excluding tert-OH is 1. The molecule has 19 heavy (non-hydrogen) atoms. The SMILES string of the molecule is O=C1OCCN1Cc1ccc(F)cc1C#CCCO. The van der Waals surface area contributed by atoms with E-state index < -0.39 is 0 Å². The zero-order chi connectivity index (χ0) is 13.7. The summed E-state index contributed by atoms with van der Waals surface area (Å²) < 4.78 is 18.1. The molecule has 100 valence electrons. The largest absolute Gasteiger partial charge is 0.448 e. The molecule has 0 saturated carbocycles. The quantitative estimate of drug-likeness (QED) is 0.841. The first kappa shape index (κ1) is 13.4. The predicted molar refractivity (Wildman–Crippen MR) is 66.7 cm³/mol. The van der Waals surface area contributed by atoms with Gasteiger partial charge in [-0.3, -0.25) is 0 Å². The molecule has 1 aliphatic heterocycles. The molecule has 0 unspecified atom stereocenters. The predicted octanol–water partition coefficient (Wildman–Crippen LogP) is 1.51. The first-order chi connectivity index (χ1) is 9.20. The minimum atomic E-state index is -0.374. The Balaban J connectivity index is 2.19. The van der Waals surface area contributed by atoms with Crippen molar-refractivity contribution in [1.29, 1.82) is 0 Å². The van der Waals surface area contributed by atoms with Crippen LogP contribution in [-0.2, 0) is 11.3 Å². The number of aliphatic hydroxyl groups is 1. The molecule has 0 bridgehead atoms. The van der Waals surface area contributed by atoms with Crippen LogP contribution >= 0.6 is 0 Å². The van der Waals surface area contributed by atoms with Gasteiger partial charge in [0.05, 0.1) is 19.7 Å². The van der Waals surface area contributed by atoms with Gasteiger partial charge in [-0.15, -0.1) is 0 Å². The molecule has 0 aliphatic carbocycles. The molecular weight excluding hydrogens is 249 g/mol. The van der Waals surface area contributed by atoms with Crippen LogP contribution in [0.15, 0.2) is 18.2 Å². The molecule has 0 aromatic heterocycles. The van der Waals surface area contributed by atoms with E-state index in [1.54, 1.807) is 11.0 Å². The maximum absolute atomic E-state index is 13.2. The smallest absolute Gasteiger partial charge is 0.410 e. The second kappa shape index (κ2) is 6.21. The van der Waals surface area contributed by atoms with Crippen molar-refractivity contribution in [3.05, 3.63) is 35.1 Å². The van der Waals surface area contributed by atoms with E-state index in [0.717, 1.165) is 5.56 Å². The highest BCUT2D eigenvalue weighted by atomic mass is 19.1. The molecule has 1 fully saturated rings. The molecular formula is C14H14FNO3. The van der Waals surface area contributed by atoms with Gasteiger partial charge in [-0.1, -0.05) is 17.9 Å². The summed E-state index contributed by atoms with van der Waals surface area (Å²) in [5.41, 5.74) is 1.30. The van der Waals surface area contributed by atoms with Gasteiger partial charge >= 0.3 is 6.09 Å². The van der Waals surface area contributed by atoms with E-state index in [0.29, 0.717) is 31.7 Å². The van der Waals surface area contributed by atoms with Crippen molar-refractivity contribution >= 4 is 6.09 Å². The lowest BCUT2D eigenvalue weighted by Crippen LogP contribution is -2.24. The van der Waals surface area contributed by atoms with Crippen LogP contribution in [0.1, 0.15) is 17.5 Å². The third kappa shape index (κ3) is 3.46. The van der Waals surface area contributed by atoms with E-state index >= 15 is 0 Å². The average molecular weight is 263 g/mol. The fraction of sp³-hybridized carbons (Fsp3) is 0.357. The number of amides is 1. The van der Waals surface area contributed by atoms with Crippen LogP contribution in [0.25, 0.3) is 0 Å². The van der Waals surface area contributed by atoms with Gasteiger partial charge in [0.1, 0.15) is 12.4 Å². The van der Waals surface area contributed by atoms with Crippen LogP contribution in [0.3, 0.4) is 0 Å². The lowest BCUT2D eigenvalue weighted by molar-refractivity contribution is 0.157. The van der Waals surface area contributed by atoms with Crippen molar-refractivity contribution in [3.63, 3.8) is 0 Å². The van der Waals surface area contributed by atoms with E-state index in [1.165, 1.54) is 12.1 Å². The highest BCUT2D eigenvalue weighted by Crippen LogP contribution is 2.15. The second-order valence-corrected chi connectivity index (χ2v) is 4.11. The summed E-state index contributed by atoms with van der Waals surface area (Å²) >= 11 is 0. The third-order valence-corrected chi connectivity index (χ3v) is 2.74. The van der Waals surface area contributed by atoms with Crippen molar-refractivity contribution < 1.29 is 19.0 Å². The summed E-state index contributed by atoms with van der Waals surface area (Å²) in [6.45, 7) is 1.23. The zero-order valence-corrected chi connectivity index (χ0v) is 10.4. The Labute approximate surface area is 110 Å². The van der Waals surface area contributed by atoms with Crippen LogP contribution in [0.4, 0.5) is 9.18 Å². The lowest BCUT2D eigenvalue weighted by Gasteiger charge is -2.13. The van der Waals surface area contributed by atoms with Gasteiger partial charge in [0, 0.05) is 12.0 Å². The average Bonchev–Trinajstić information content (AvgIpc) is 2.78. The van der Waals surface area contributed by atoms with E-state index in [4.69, 9.17) is 9.84 Å². The van der Waals surface area contributed by atoms with E-state index in [9.17, 15) is 9.18 Å². The van der Waals surface area contributed by atoms with Crippen molar-refractivity contribution in [3.8, 4) is 11.8 Å². The van der Waals surface area contributed by atoms with Gasteiger partial charge in [-0.2, -0.15) is 0 Å². The Morgan fingerprint density at radius 3 is 3.00 bits per heavy atom. The van der Waals surface area contributed by atoms with Crippen LogP contribution in [0.2, 0.25) is 0 Å². The van der Waals surface area contributed by atoms with Crippen molar-refractivity contribution in [2.45, 2.75) is 13.0 Å². The van der Waals surface area contributed by atoms with Crippen molar-refractivity contribution in [2.24, 2.45) is 0 Å². The Morgan fingerprint density at radius 1 is 1.47 bits per heavy atom. The van der Waals surface area contributed by atoms with Crippen LogP contribution in [0.5, 0.6) is 0 Å². The highest BCUT2D eigenvalue weighted by molar-refractivity contribution is 5.69. The van der Waals surface area contributed by atoms with Gasteiger partial charge in [0.2, 0.25) is 0 Å². The molecule has 1 heterocycles. The Kier molecular flexibility index (Phi) is 4.37. The van der Waals surface area contributed by atoms with Crippen molar-refractivity contribution in [2.75, 3.05) is 19.8 Å². The van der Waals surface area contributed by atoms with Gasteiger partial charge in [-0.05, 0) is 17.7 Å². The second-order valence-electron chi connectivity index (χ2n) is 4.11. The molecule has 5 heteroatoms. The molecule has 0 spiro atoms. The standard InChI is InChI=1S/C14H14FNO3/c15-13-5-4-12(10-16-6-8-19-14(16)18)11(9-13)3-1-2-7-17/h4-5,9,17H,2,6-8,10H2. The number of halogens is 1. The maximum Gasteiger partial charge on any atom is 0.410 e. The summed E-state index contributed by atoms with van der Waals surface area (Å²) in [6.07, 6.45) is -0.0274. The van der Waals surface area contributed by atoms with E-state index in [2.05, 4.69) is 11.8 Å². The summed E-state index contributed by atoms with van der Waals surface area (Å²) in [5, 5.41) is 8.69. The molecule has 1 aromatic rings. The zero-order valence-electron chi connectivity index (χ0n) is 10.4.